The fraction of sp³-hybridized carbons (Fsp3) is 0.400. The number of rotatable bonds is 5. The molecule has 0 aromatic heterocycles. The van der Waals surface area contributed by atoms with Crippen LogP contribution in [0, 0.1) is 5.41 Å². The van der Waals surface area contributed by atoms with Gasteiger partial charge in [-0.05, 0) is 59.7 Å². The number of nitrogens with one attached hydrogen (secondary N) is 3. The Bertz CT molecular complexity index is 1070. The summed E-state index contributed by atoms with van der Waals surface area (Å²) in [6.45, 7) is 6.39. The van der Waals surface area contributed by atoms with Crippen molar-refractivity contribution in [2.75, 3.05) is 23.8 Å². The van der Waals surface area contributed by atoms with Crippen LogP contribution in [0.4, 0.5) is 11.4 Å². The highest BCUT2D eigenvalue weighted by Crippen LogP contribution is 2.44. The Morgan fingerprint density at radius 3 is 2.53 bits per heavy atom. The molecule has 2 amide bonds. The lowest BCUT2D eigenvalue weighted by molar-refractivity contribution is -0.120. The topological polar surface area (TPSA) is 108 Å². The van der Waals surface area contributed by atoms with E-state index in [-0.39, 0.29) is 23.0 Å². The van der Waals surface area contributed by atoms with E-state index in [0.717, 1.165) is 17.7 Å². The Balaban J connectivity index is 1.50. The zero-order valence-corrected chi connectivity index (χ0v) is 18.6. The number of amides is 2. The maximum absolute atomic E-state index is 13.0. The van der Waals surface area contributed by atoms with Gasteiger partial charge in [-0.25, -0.2) is 0 Å². The van der Waals surface area contributed by atoms with Crippen LogP contribution in [0.1, 0.15) is 48.7 Å². The van der Waals surface area contributed by atoms with Crippen molar-refractivity contribution < 1.29 is 19.5 Å². The van der Waals surface area contributed by atoms with Gasteiger partial charge in [0.25, 0.3) is 0 Å². The smallest absolute Gasteiger partial charge is 0.241 e. The van der Waals surface area contributed by atoms with Crippen LogP contribution in [0.25, 0.3) is 0 Å². The molecule has 2 atom stereocenters. The zero-order chi connectivity index (χ0) is 23.1. The number of ketones is 1. The Morgan fingerprint density at radius 2 is 1.88 bits per heavy atom. The molecular weight excluding hydrogens is 406 g/mol. The number of anilines is 2. The van der Waals surface area contributed by atoms with Crippen molar-refractivity contribution in [3.8, 4) is 0 Å². The molecule has 2 aliphatic rings. The molecule has 4 N–H and O–H groups in total. The molecule has 0 radical (unpaired) electrons. The first-order chi connectivity index (χ1) is 15.1. The number of benzene rings is 2. The van der Waals surface area contributed by atoms with Gasteiger partial charge in [0.1, 0.15) is 6.61 Å². The molecule has 1 fully saturated rings. The Labute approximate surface area is 187 Å². The minimum atomic E-state index is -0.761. The standard InChI is InChI=1S/C25H29N3O4/c1-24(2,3)11-15-4-9-19-18(10-15)25(23(32)28-19)12-20(26-14-25)22(31)27-17-7-5-16(6-8-17)21(30)13-29/h4-10,20,26,29H,11-14H2,1-3H3,(H,27,31)(H,28,32). The van der Waals surface area contributed by atoms with Crippen LogP contribution in [-0.2, 0) is 21.4 Å². The van der Waals surface area contributed by atoms with Crippen molar-refractivity contribution in [1.29, 1.82) is 0 Å². The maximum atomic E-state index is 13.0. The summed E-state index contributed by atoms with van der Waals surface area (Å²) in [5.41, 5.74) is 3.26. The number of aliphatic hydroxyl groups is 1. The Hall–Kier alpha value is -3.03. The second kappa shape index (κ2) is 8.15. The van der Waals surface area contributed by atoms with Gasteiger partial charge in [-0.15, -0.1) is 0 Å². The lowest BCUT2D eigenvalue weighted by atomic mass is 9.78. The highest BCUT2D eigenvalue weighted by Gasteiger charge is 2.53. The van der Waals surface area contributed by atoms with Gasteiger partial charge >= 0.3 is 0 Å². The number of hydrogen-bond donors (Lipinski definition) is 4. The fourth-order valence-electron chi connectivity index (χ4n) is 4.60. The summed E-state index contributed by atoms with van der Waals surface area (Å²) in [6, 6.07) is 12.0. The third kappa shape index (κ3) is 4.18. The van der Waals surface area contributed by atoms with Gasteiger partial charge in [0.05, 0.1) is 11.5 Å². The van der Waals surface area contributed by atoms with E-state index < -0.39 is 18.1 Å². The Kier molecular flexibility index (Phi) is 5.65. The van der Waals surface area contributed by atoms with Crippen molar-refractivity contribution in [1.82, 2.24) is 5.32 Å². The van der Waals surface area contributed by atoms with Gasteiger partial charge < -0.3 is 21.1 Å². The summed E-state index contributed by atoms with van der Waals surface area (Å²) >= 11 is 0. The van der Waals surface area contributed by atoms with Gasteiger partial charge in [0.2, 0.25) is 11.8 Å². The van der Waals surface area contributed by atoms with E-state index in [4.69, 9.17) is 5.11 Å². The first-order valence-electron chi connectivity index (χ1n) is 10.8. The maximum Gasteiger partial charge on any atom is 0.241 e. The number of fused-ring (bicyclic) bond motifs is 2. The molecule has 0 bridgehead atoms. The normalized spacial score (nSPS) is 22.0. The van der Waals surface area contributed by atoms with Gasteiger partial charge in [-0.1, -0.05) is 32.9 Å². The van der Waals surface area contributed by atoms with Gasteiger partial charge in [-0.2, -0.15) is 0 Å². The van der Waals surface area contributed by atoms with Crippen LogP contribution < -0.4 is 16.0 Å². The molecule has 1 spiro atoms. The van der Waals surface area contributed by atoms with Crippen LogP contribution in [0.2, 0.25) is 0 Å². The molecule has 7 heteroatoms. The summed E-state index contributed by atoms with van der Waals surface area (Å²) in [7, 11) is 0. The molecule has 168 valence electrons. The van der Waals surface area contributed by atoms with E-state index in [1.807, 2.05) is 6.07 Å². The summed E-state index contributed by atoms with van der Waals surface area (Å²) in [5, 5.41) is 18.0. The van der Waals surface area contributed by atoms with Crippen LogP contribution in [0.3, 0.4) is 0 Å². The minimum absolute atomic E-state index is 0.0740. The second-order valence-electron chi connectivity index (χ2n) is 9.94. The van der Waals surface area contributed by atoms with E-state index in [2.05, 4.69) is 48.9 Å². The highest BCUT2D eigenvalue weighted by molar-refractivity contribution is 6.08. The zero-order valence-electron chi connectivity index (χ0n) is 18.6. The molecule has 2 unspecified atom stereocenters. The molecule has 2 heterocycles. The third-order valence-corrected chi connectivity index (χ3v) is 6.15. The van der Waals surface area contributed by atoms with Crippen LogP contribution in [0.15, 0.2) is 42.5 Å². The molecule has 0 aliphatic carbocycles. The SMILES string of the molecule is CC(C)(C)Cc1ccc2c(c1)C1(CNC(C(=O)Nc3ccc(C(=O)CO)cc3)C1)C(=O)N2. The van der Waals surface area contributed by atoms with Crippen LogP contribution in [0.5, 0.6) is 0 Å². The molecular formula is C25H29N3O4. The van der Waals surface area contributed by atoms with Crippen molar-refractivity contribution in [2.24, 2.45) is 5.41 Å². The lowest BCUT2D eigenvalue weighted by Gasteiger charge is -2.23. The third-order valence-electron chi connectivity index (χ3n) is 6.15. The average molecular weight is 436 g/mol. The summed E-state index contributed by atoms with van der Waals surface area (Å²) < 4.78 is 0. The first kappa shape index (κ1) is 22.2. The van der Waals surface area contributed by atoms with Gasteiger partial charge in [0.15, 0.2) is 5.78 Å². The van der Waals surface area contributed by atoms with E-state index in [1.165, 1.54) is 5.56 Å². The van der Waals surface area contributed by atoms with Crippen molar-refractivity contribution in [2.45, 2.75) is 45.1 Å². The summed E-state index contributed by atoms with van der Waals surface area (Å²) in [4.78, 5) is 37.4. The number of Topliss-reactive ketones (excluding diaryl/α,β-unsaturated/α-hetero) is 1. The minimum Gasteiger partial charge on any atom is -0.388 e. The van der Waals surface area contributed by atoms with E-state index in [0.29, 0.717) is 24.2 Å². The molecule has 4 rings (SSSR count). The monoisotopic (exact) mass is 435 g/mol. The molecule has 32 heavy (non-hydrogen) atoms. The van der Waals surface area contributed by atoms with Crippen LogP contribution >= 0.6 is 0 Å². The molecule has 0 saturated carbocycles. The number of carbonyl (C=O) groups is 3. The largest absolute Gasteiger partial charge is 0.388 e. The van der Waals surface area contributed by atoms with Gasteiger partial charge in [-0.3, -0.25) is 14.4 Å². The van der Waals surface area contributed by atoms with E-state index >= 15 is 0 Å². The highest BCUT2D eigenvalue weighted by atomic mass is 16.3. The quantitative estimate of drug-likeness (QED) is 0.540. The van der Waals surface area contributed by atoms with Crippen molar-refractivity contribution >= 4 is 29.0 Å². The summed E-state index contributed by atoms with van der Waals surface area (Å²) in [5.74, 6) is -0.677. The fourth-order valence-corrected chi connectivity index (χ4v) is 4.60. The van der Waals surface area contributed by atoms with E-state index in [9.17, 15) is 14.4 Å². The van der Waals surface area contributed by atoms with Crippen molar-refractivity contribution in [3.05, 3.63) is 59.2 Å². The Morgan fingerprint density at radius 1 is 1.16 bits per heavy atom. The van der Waals surface area contributed by atoms with E-state index in [1.54, 1.807) is 24.3 Å². The van der Waals surface area contributed by atoms with Crippen LogP contribution in [-0.4, -0.2) is 41.9 Å². The number of aliphatic hydroxyl groups excluding tert-OH is 1. The second-order valence-corrected chi connectivity index (χ2v) is 9.94. The molecule has 7 nitrogen and oxygen atoms in total. The molecule has 2 aromatic rings. The summed E-state index contributed by atoms with van der Waals surface area (Å²) in [6.07, 6.45) is 1.27. The molecule has 1 saturated heterocycles. The molecule has 2 aliphatic heterocycles. The average Bonchev–Trinajstić information content (AvgIpc) is 3.30. The lowest BCUT2D eigenvalue weighted by Crippen LogP contribution is -2.36. The predicted molar refractivity (Wildman–Crippen MR) is 123 cm³/mol. The molecule has 2 aromatic carbocycles. The van der Waals surface area contributed by atoms with Crippen molar-refractivity contribution in [3.63, 3.8) is 0 Å². The predicted octanol–water partition coefficient (Wildman–Crippen LogP) is 2.64. The first-order valence-corrected chi connectivity index (χ1v) is 10.8. The number of hydrogen-bond acceptors (Lipinski definition) is 5. The van der Waals surface area contributed by atoms with Gasteiger partial charge in [0, 0.05) is 23.5 Å². The number of carbonyl (C=O) groups excluding carboxylic acids is 3.